The van der Waals surface area contributed by atoms with Gasteiger partial charge in [0.05, 0.1) is 12.0 Å². The third-order valence-corrected chi connectivity index (χ3v) is 4.04. The Morgan fingerprint density at radius 1 is 1.55 bits per heavy atom. The van der Waals surface area contributed by atoms with E-state index < -0.39 is 11.5 Å². The van der Waals surface area contributed by atoms with E-state index in [4.69, 9.17) is 5.73 Å². The lowest BCUT2D eigenvalue weighted by Gasteiger charge is -2.38. The number of rotatable bonds is 4. The first kappa shape index (κ1) is 15.4. The minimum atomic E-state index is -1.09. The van der Waals surface area contributed by atoms with Crippen molar-refractivity contribution in [2.24, 2.45) is 5.73 Å². The average Bonchev–Trinajstić information content (AvgIpc) is 2.31. The molecule has 1 amide bonds. The molecule has 0 saturated carbocycles. The van der Waals surface area contributed by atoms with Gasteiger partial charge in [0.1, 0.15) is 5.82 Å². The summed E-state index contributed by atoms with van der Waals surface area (Å²) in [4.78, 5) is 13.0. The Bertz CT molecular complexity index is 512. The number of likely N-dealkylation sites (tertiary alicyclic amines) is 1. The van der Waals surface area contributed by atoms with Crippen molar-refractivity contribution in [3.05, 3.63) is 34.1 Å². The summed E-state index contributed by atoms with van der Waals surface area (Å²) in [6.45, 7) is 1.53. The molecule has 110 valence electrons. The van der Waals surface area contributed by atoms with E-state index in [0.29, 0.717) is 29.5 Å². The number of nitrogens with two attached hydrogens (primary N) is 1. The molecule has 3 N–H and O–H groups in total. The van der Waals surface area contributed by atoms with Gasteiger partial charge in [-0.1, -0.05) is 22.0 Å². The number of carbonyl (C=O) groups is 1. The van der Waals surface area contributed by atoms with E-state index in [0.717, 1.165) is 13.0 Å². The molecule has 1 fully saturated rings. The quantitative estimate of drug-likeness (QED) is 0.874. The van der Waals surface area contributed by atoms with Gasteiger partial charge in [0.15, 0.2) is 0 Å². The standard InChI is InChI=1S/C14H18BrFN2O2/c15-11-3-2-10(12(16)6-11)8-18-5-1-4-14(20,9-18)7-13(17)19/h2-3,6,20H,1,4-5,7-9H2,(H2,17,19). The Labute approximate surface area is 125 Å². The summed E-state index contributed by atoms with van der Waals surface area (Å²) < 4.78 is 14.5. The molecule has 4 nitrogen and oxygen atoms in total. The van der Waals surface area contributed by atoms with E-state index in [9.17, 15) is 14.3 Å². The topological polar surface area (TPSA) is 66.6 Å². The lowest BCUT2D eigenvalue weighted by atomic mass is 9.89. The molecule has 0 bridgehead atoms. The summed E-state index contributed by atoms with van der Waals surface area (Å²) in [6.07, 6.45) is 1.27. The Morgan fingerprint density at radius 3 is 2.95 bits per heavy atom. The van der Waals surface area contributed by atoms with Gasteiger partial charge in [-0.05, 0) is 31.5 Å². The van der Waals surface area contributed by atoms with Gasteiger partial charge in [-0.25, -0.2) is 4.39 Å². The lowest BCUT2D eigenvalue weighted by molar-refractivity contribution is -0.125. The highest BCUT2D eigenvalue weighted by molar-refractivity contribution is 9.10. The maximum Gasteiger partial charge on any atom is 0.220 e. The smallest absolute Gasteiger partial charge is 0.220 e. The van der Waals surface area contributed by atoms with Crippen LogP contribution in [0.1, 0.15) is 24.8 Å². The third-order valence-electron chi connectivity index (χ3n) is 3.55. The van der Waals surface area contributed by atoms with Gasteiger partial charge in [0.25, 0.3) is 0 Å². The highest BCUT2D eigenvalue weighted by atomic mass is 79.9. The molecule has 1 unspecified atom stereocenters. The van der Waals surface area contributed by atoms with Crippen LogP contribution in [0, 0.1) is 5.82 Å². The fourth-order valence-corrected chi connectivity index (χ4v) is 3.03. The number of primary amides is 1. The molecule has 1 aromatic carbocycles. The fraction of sp³-hybridized carbons (Fsp3) is 0.500. The van der Waals surface area contributed by atoms with Crippen molar-refractivity contribution >= 4 is 21.8 Å². The highest BCUT2D eigenvalue weighted by Gasteiger charge is 2.34. The molecule has 0 spiro atoms. The first-order valence-corrected chi connectivity index (χ1v) is 7.34. The van der Waals surface area contributed by atoms with Crippen molar-refractivity contribution in [2.45, 2.75) is 31.4 Å². The SMILES string of the molecule is NC(=O)CC1(O)CCCN(Cc2ccc(Br)cc2F)C1. The molecule has 1 aliphatic heterocycles. The van der Waals surface area contributed by atoms with E-state index in [1.165, 1.54) is 6.07 Å². The molecule has 1 atom stereocenters. The first-order valence-electron chi connectivity index (χ1n) is 6.55. The Balaban J connectivity index is 2.04. The van der Waals surface area contributed by atoms with Crippen molar-refractivity contribution in [2.75, 3.05) is 13.1 Å². The normalized spacial score (nSPS) is 23.8. The van der Waals surface area contributed by atoms with Gasteiger partial charge in [0.2, 0.25) is 5.91 Å². The molecule has 1 saturated heterocycles. The van der Waals surface area contributed by atoms with E-state index in [-0.39, 0.29) is 12.2 Å². The van der Waals surface area contributed by atoms with Gasteiger partial charge in [-0.3, -0.25) is 9.69 Å². The van der Waals surface area contributed by atoms with Crippen LogP contribution >= 0.6 is 15.9 Å². The van der Waals surface area contributed by atoms with Crippen molar-refractivity contribution < 1.29 is 14.3 Å². The number of hydrogen-bond acceptors (Lipinski definition) is 3. The van der Waals surface area contributed by atoms with Crippen LogP contribution in [0.2, 0.25) is 0 Å². The number of halogens is 2. The number of amides is 1. The van der Waals surface area contributed by atoms with Crippen LogP contribution in [0.3, 0.4) is 0 Å². The van der Waals surface area contributed by atoms with E-state index in [1.54, 1.807) is 12.1 Å². The van der Waals surface area contributed by atoms with Crippen LogP contribution in [0.4, 0.5) is 4.39 Å². The van der Waals surface area contributed by atoms with E-state index in [2.05, 4.69) is 15.9 Å². The summed E-state index contributed by atoms with van der Waals surface area (Å²) in [5.74, 6) is -0.785. The van der Waals surface area contributed by atoms with Gasteiger partial charge in [-0.15, -0.1) is 0 Å². The van der Waals surface area contributed by atoms with Gasteiger partial charge >= 0.3 is 0 Å². The predicted molar refractivity (Wildman–Crippen MR) is 77.4 cm³/mol. The molecule has 20 heavy (non-hydrogen) atoms. The second-order valence-electron chi connectivity index (χ2n) is 5.42. The summed E-state index contributed by atoms with van der Waals surface area (Å²) in [6, 6.07) is 4.94. The summed E-state index contributed by atoms with van der Waals surface area (Å²) >= 11 is 3.22. The van der Waals surface area contributed by atoms with Crippen LogP contribution in [0.15, 0.2) is 22.7 Å². The van der Waals surface area contributed by atoms with Crippen molar-refractivity contribution in [1.29, 1.82) is 0 Å². The predicted octanol–water partition coefficient (Wildman–Crippen LogP) is 1.79. The number of carbonyl (C=O) groups excluding carboxylic acids is 1. The number of hydrogen-bond donors (Lipinski definition) is 2. The zero-order valence-electron chi connectivity index (χ0n) is 11.1. The monoisotopic (exact) mass is 344 g/mol. The zero-order chi connectivity index (χ0) is 14.8. The fourth-order valence-electron chi connectivity index (χ4n) is 2.70. The molecule has 1 heterocycles. The number of piperidine rings is 1. The maximum absolute atomic E-state index is 13.8. The summed E-state index contributed by atoms with van der Waals surface area (Å²) in [5.41, 5.74) is 4.66. The van der Waals surface area contributed by atoms with Crippen LogP contribution in [0.5, 0.6) is 0 Å². The summed E-state index contributed by atoms with van der Waals surface area (Å²) in [5, 5.41) is 10.4. The molecule has 1 aromatic rings. The number of aliphatic hydroxyl groups is 1. The molecule has 2 rings (SSSR count). The molecular formula is C14H18BrFN2O2. The van der Waals surface area contributed by atoms with E-state index in [1.807, 2.05) is 4.90 Å². The molecule has 6 heteroatoms. The van der Waals surface area contributed by atoms with Gasteiger partial charge in [-0.2, -0.15) is 0 Å². The highest BCUT2D eigenvalue weighted by Crippen LogP contribution is 2.26. The Kier molecular flexibility index (Phi) is 4.78. The largest absolute Gasteiger partial charge is 0.388 e. The van der Waals surface area contributed by atoms with Crippen LogP contribution in [-0.2, 0) is 11.3 Å². The minimum Gasteiger partial charge on any atom is -0.388 e. The second-order valence-corrected chi connectivity index (χ2v) is 6.33. The molecule has 1 aliphatic rings. The number of β-amino-alcohol motifs (C(OH)–C–C–N with tert-alkyl or cyclic N) is 1. The van der Waals surface area contributed by atoms with Crippen LogP contribution < -0.4 is 5.73 Å². The molecule has 0 radical (unpaired) electrons. The number of nitrogens with zero attached hydrogens (tertiary/aromatic N) is 1. The molecule has 0 aliphatic carbocycles. The Hall–Kier alpha value is -0.980. The maximum atomic E-state index is 13.8. The Morgan fingerprint density at radius 2 is 2.30 bits per heavy atom. The van der Waals surface area contributed by atoms with Gasteiger partial charge in [0, 0.05) is 23.1 Å². The second kappa shape index (κ2) is 6.20. The van der Waals surface area contributed by atoms with Crippen LogP contribution in [0.25, 0.3) is 0 Å². The number of benzene rings is 1. The van der Waals surface area contributed by atoms with E-state index >= 15 is 0 Å². The third kappa shape index (κ3) is 4.01. The zero-order valence-corrected chi connectivity index (χ0v) is 12.7. The summed E-state index contributed by atoms with van der Waals surface area (Å²) in [7, 11) is 0. The molecule has 0 aromatic heterocycles. The van der Waals surface area contributed by atoms with Crippen molar-refractivity contribution in [3.63, 3.8) is 0 Å². The minimum absolute atomic E-state index is 0.0493. The first-order chi connectivity index (χ1) is 9.38. The average molecular weight is 345 g/mol. The van der Waals surface area contributed by atoms with Crippen molar-refractivity contribution in [1.82, 2.24) is 4.90 Å². The van der Waals surface area contributed by atoms with Crippen LogP contribution in [-0.4, -0.2) is 34.6 Å². The lowest BCUT2D eigenvalue weighted by Crippen LogP contribution is -2.49. The van der Waals surface area contributed by atoms with Crippen molar-refractivity contribution in [3.8, 4) is 0 Å². The van der Waals surface area contributed by atoms with Gasteiger partial charge < -0.3 is 10.8 Å². The molecular weight excluding hydrogens is 327 g/mol.